The second-order valence-corrected chi connectivity index (χ2v) is 9.59. The average molecular weight is 475 g/mol. The first-order valence-electron chi connectivity index (χ1n) is 12.2. The van der Waals surface area contributed by atoms with Gasteiger partial charge < -0.3 is 10.1 Å². The molecule has 4 rings (SSSR count). The lowest BCUT2D eigenvalue weighted by molar-refractivity contribution is 0.122. The van der Waals surface area contributed by atoms with Crippen LogP contribution in [0.4, 0.5) is 0 Å². The first-order valence-corrected chi connectivity index (χ1v) is 12.2. The molecule has 35 heavy (non-hydrogen) atoms. The number of hydrogen-bond acceptors (Lipinski definition) is 6. The summed E-state index contributed by atoms with van der Waals surface area (Å²) in [4.78, 5) is 18.4. The van der Waals surface area contributed by atoms with Crippen molar-refractivity contribution in [3.63, 3.8) is 0 Å². The standard InChI is InChI=1S/C27H34N6O2/c1-18(2)25(26-29-30-31-33(26)16-21-9-6-5-7-10-21)32(11-8-12-34)17-23-15-22-14-19(3)13-20(4)24(22)28-27(23)35/h5-7,9-10,13-15,18,25,34H,8,11-12,16-17H2,1-4H3,(H,28,35)/t25-/m0/s1. The molecule has 4 aromatic rings. The molecule has 0 radical (unpaired) electrons. The van der Waals surface area contributed by atoms with E-state index >= 15 is 0 Å². The fourth-order valence-electron chi connectivity index (χ4n) is 4.83. The van der Waals surface area contributed by atoms with Gasteiger partial charge in [0.2, 0.25) is 0 Å². The number of benzene rings is 2. The van der Waals surface area contributed by atoms with Crippen molar-refractivity contribution in [1.29, 1.82) is 0 Å². The van der Waals surface area contributed by atoms with Crippen molar-refractivity contribution in [3.8, 4) is 0 Å². The van der Waals surface area contributed by atoms with Crippen LogP contribution in [-0.2, 0) is 13.1 Å². The number of aromatic nitrogens is 5. The Morgan fingerprint density at radius 2 is 1.89 bits per heavy atom. The molecule has 2 heterocycles. The first kappa shape index (κ1) is 24.8. The van der Waals surface area contributed by atoms with Gasteiger partial charge in [0, 0.05) is 25.3 Å². The zero-order chi connectivity index (χ0) is 24.9. The fourth-order valence-corrected chi connectivity index (χ4v) is 4.83. The predicted octanol–water partition coefficient (Wildman–Crippen LogP) is 3.76. The van der Waals surface area contributed by atoms with Gasteiger partial charge in [0.15, 0.2) is 5.82 Å². The molecule has 0 saturated carbocycles. The Hall–Kier alpha value is -3.36. The minimum Gasteiger partial charge on any atom is -0.396 e. The summed E-state index contributed by atoms with van der Waals surface area (Å²) in [6.45, 7) is 10.0. The van der Waals surface area contributed by atoms with Crippen LogP contribution in [0.25, 0.3) is 10.9 Å². The zero-order valence-corrected chi connectivity index (χ0v) is 20.9. The van der Waals surface area contributed by atoms with E-state index in [4.69, 9.17) is 0 Å². The Balaban J connectivity index is 1.71. The molecule has 184 valence electrons. The normalized spacial score (nSPS) is 12.7. The van der Waals surface area contributed by atoms with Gasteiger partial charge in [0.25, 0.3) is 5.56 Å². The third-order valence-electron chi connectivity index (χ3n) is 6.37. The average Bonchev–Trinajstić information content (AvgIpc) is 3.26. The molecule has 0 aliphatic heterocycles. The molecular formula is C27H34N6O2. The van der Waals surface area contributed by atoms with Gasteiger partial charge in [-0.05, 0) is 65.3 Å². The van der Waals surface area contributed by atoms with Gasteiger partial charge in [-0.1, -0.05) is 55.8 Å². The van der Waals surface area contributed by atoms with Crippen LogP contribution in [0, 0.1) is 19.8 Å². The molecule has 0 spiro atoms. The molecule has 0 aliphatic rings. The summed E-state index contributed by atoms with van der Waals surface area (Å²) in [7, 11) is 0. The number of pyridine rings is 1. The molecule has 0 amide bonds. The Morgan fingerprint density at radius 3 is 2.60 bits per heavy atom. The van der Waals surface area contributed by atoms with Gasteiger partial charge in [-0.15, -0.1) is 5.10 Å². The van der Waals surface area contributed by atoms with Crippen LogP contribution in [-0.4, -0.2) is 48.3 Å². The van der Waals surface area contributed by atoms with Crippen LogP contribution in [0.1, 0.15) is 54.4 Å². The number of hydrogen-bond donors (Lipinski definition) is 2. The number of fused-ring (bicyclic) bond motifs is 1. The van der Waals surface area contributed by atoms with Crippen molar-refractivity contribution in [2.75, 3.05) is 13.2 Å². The van der Waals surface area contributed by atoms with E-state index in [2.05, 4.69) is 70.4 Å². The first-order chi connectivity index (χ1) is 16.9. The molecule has 0 saturated heterocycles. The molecule has 8 heteroatoms. The molecule has 0 unspecified atom stereocenters. The summed E-state index contributed by atoms with van der Waals surface area (Å²) < 4.78 is 1.84. The van der Waals surface area contributed by atoms with Crippen LogP contribution < -0.4 is 5.56 Å². The minimum absolute atomic E-state index is 0.0722. The summed E-state index contributed by atoms with van der Waals surface area (Å²) >= 11 is 0. The summed E-state index contributed by atoms with van der Waals surface area (Å²) in [6, 6.07) is 16.1. The van der Waals surface area contributed by atoms with Crippen molar-refractivity contribution in [3.05, 3.63) is 87.0 Å². The highest BCUT2D eigenvalue weighted by atomic mass is 16.3. The fraction of sp³-hybridized carbons (Fsp3) is 0.407. The molecular weight excluding hydrogens is 440 g/mol. The Kier molecular flexibility index (Phi) is 7.73. The topological polar surface area (TPSA) is 99.9 Å². The van der Waals surface area contributed by atoms with E-state index in [1.165, 1.54) is 0 Å². The maximum absolute atomic E-state index is 13.1. The number of H-pyrrole nitrogens is 1. The Labute approximate surface area is 205 Å². The van der Waals surface area contributed by atoms with Crippen LogP contribution in [0.2, 0.25) is 0 Å². The highest BCUT2D eigenvalue weighted by Crippen LogP contribution is 2.29. The van der Waals surface area contributed by atoms with Crippen LogP contribution in [0.15, 0.2) is 53.3 Å². The van der Waals surface area contributed by atoms with E-state index in [0.717, 1.165) is 33.4 Å². The van der Waals surface area contributed by atoms with Crippen molar-refractivity contribution >= 4 is 10.9 Å². The summed E-state index contributed by atoms with van der Waals surface area (Å²) in [6.07, 6.45) is 0.590. The second-order valence-electron chi connectivity index (χ2n) is 9.59. The Bertz CT molecular complexity index is 1330. The largest absolute Gasteiger partial charge is 0.396 e. The van der Waals surface area contributed by atoms with E-state index in [0.29, 0.717) is 31.6 Å². The van der Waals surface area contributed by atoms with E-state index in [1.54, 1.807) is 0 Å². The number of nitrogens with zero attached hydrogens (tertiary/aromatic N) is 5. The maximum atomic E-state index is 13.1. The van der Waals surface area contributed by atoms with Crippen molar-refractivity contribution in [1.82, 2.24) is 30.1 Å². The molecule has 8 nitrogen and oxygen atoms in total. The van der Waals surface area contributed by atoms with Gasteiger partial charge in [-0.25, -0.2) is 4.68 Å². The van der Waals surface area contributed by atoms with Crippen molar-refractivity contribution < 1.29 is 5.11 Å². The predicted molar refractivity (Wildman–Crippen MR) is 137 cm³/mol. The third kappa shape index (κ3) is 5.66. The summed E-state index contributed by atoms with van der Waals surface area (Å²) in [5.74, 6) is 0.934. The number of aromatic amines is 1. The highest BCUT2D eigenvalue weighted by molar-refractivity contribution is 5.82. The molecule has 0 bridgehead atoms. The minimum atomic E-state index is -0.130. The van der Waals surface area contributed by atoms with Gasteiger partial charge in [0.05, 0.1) is 18.1 Å². The Morgan fingerprint density at radius 1 is 1.11 bits per heavy atom. The van der Waals surface area contributed by atoms with E-state index in [1.807, 2.05) is 35.9 Å². The van der Waals surface area contributed by atoms with Crippen LogP contribution in [0.5, 0.6) is 0 Å². The molecule has 2 aromatic heterocycles. The lowest BCUT2D eigenvalue weighted by atomic mass is 9.99. The summed E-state index contributed by atoms with van der Waals surface area (Å²) in [5, 5.41) is 23.3. The number of aliphatic hydroxyl groups is 1. The van der Waals surface area contributed by atoms with E-state index in [9.17, 15) is 9.90 Å². The number of aryl methyl sites for hydroxylation is 2. The molecule has 2 N–H and O–H groups in total. The van der Waals surface area contributed by atoms with Crippen LogP contribution >= 0.6 is 0 Å². The summed E-state index contributed by atoms with van der Waals surface area (Å²) in [5.41, 5.74) is 4.80. The zero-order valence-electron chi connectivity index (χ0n) is 20.9. The quantitative estimate of drug-likeness (QED) is 0.363. The number of nitrogens with one attached hydrogen (secondary N) is 1. The molecule has 2 aromatic carbocycles. The lowest BCUT2D eigenvalue weighted by Crippen LogP contribution is -2.36. The lowest BCUT2D eigenvalue weighted by Gasteiger charge is -2.33. The van der Waals surface area contributed by atoms with Gasteiger partial charge in [-0.3, -0.25) is 9.69 Å². The smallest absolute Gasteiger partial charge is 0.252 e. The molecule has 0 fully saturated rings. The van der Waals surface area contributed by atoms with Crippen LogP contribution in [0.3, 0.4) is 0 Å². The number of tetrazole rings is 1. The van der Waals surface area contributed by atoms with Gasteiger partial charge in [-0.2, -0.15) is 0 Å². The van der Waals surface area contributed by atoms with E-state index in [-0.39, 0.29) is 24.1 Å². The SMILES string of the molecule is Cc1cc(C)c2[nH]c(=O)c(CN(CCCO)[C@H](c3nnnn3Cc3ccccc3)C(C)C)cc2c1. The third-order valence-corrected chi connectivity index (χ3v) is 6.37. The van der Waals surface area contributed by atoms with Gasteiger partial charge in [0.1, 0.15) is 0 Å². The second kappa shape index (κ2) is 10.9. The molecule has 1 atom stereocenters. The number of rotatable bonds is 10. The number of aliphatic hydroxyl groups excluding tert-OH is 1. The maximum Gasteiger partial charge on any atom is 0.252 e. The molecule has 0 aliphatic carbocycles. The van der Waals surface area contributed by atoms with Gasteiger partial charge >= 0.3 is 0 Å². The monoisotopic (exact) mass is 474 g/mol. The van der Waals surface area contributed by atoms with E-state index < -0.39 is 0 Å². The van der Waals surface area contributed by atoms with Crippen molar-refractivity contribution in [2.45, 2.75) is 53.2 Å². The highest BCUT2D eigenvalue weighted by Gasteiger charge is 2.29. The van der Waals surface area contributed by atoms with Crippen molar-refractivity contribution in [2.24, 2.45) is 5.92 Å².